The summed E-state index contributed by atoms with van der Waals surface area (Å²) in [5, 5.41) is 0. The number of carbonyl (C=O) groups excluding carboxylic acids is 1. The van der Waals surface area contributed by atoms with Crippen molar-refractivity contribution < 1.29 is 22.4 Å². The first kappa shape index (κ1) is 14.8. The van der Waals surface area contributed by atoms with E-state index >= 15 is 0 Å². The number of rotatable bonds is 2. The lowest BCUT2D eigenvalue weighted by atomic mass is 9.96. The molecule has 1 aromatic rings. The molecule has 0 aromatic heterocycles. The van der Waals surface area contributed by atoms with Crippen LogP contribution in [0.5, 0.6) is 0 Å². The quantitative estimate of drug-likeness (QED) is 0.609. The van der Waals surface area contributed by atoms with Gasteiger partial charge in [0, 0.05) is 18.7 Å². The highest BCUT2D eigenvalue weighted by atomic mass is 19.4. The molecule has 1 fully saturated rings. The minimum absolute atomic E-state index is 0.0765. The van der Waals surface area contributed by atoms with Crippen molar-refractivity contribution in [2.24, 2.45) is 5.92 Å². The van der Waals surface area contributed by atoms with Gasteiger partial charge in [0.05, 0.1) is 11.6 Å². The molecule has 0 aliphatic carbocycles. The molecule has 1 aromatic carbocycles. The average Bonchev–Trinajstić information content (AvgIpc) is 2.37. The molecule has 0 radical (unpaired) electrons. The van der Waals surface area contributed by atoms with Crippen LogP contribution in [0.25, 0.3) is 0 Å². The van der Waals surface area contributed by atoms with E-state index in [4.69, 9.17) is 0 Å². The fourth-order valence-corrected chi connectivity index (χ4v) is 2.45. The van der Waals surface area contributed by atoms with E-state index in [1.807, 2.05) is 0 Å². The first-order valence-electron chi connectivity index (χ1n) is 6.41. The molecule has 0 N–H and O–H groups in total. The van der Waals surface area contributed by atoms with Gasteiger partial charge in [-0.3, -0.25) is 4.79 Å². The van der Waals surface area contributed by atoms with Crippen LogP contribution in [0.1, 0.15) is 30.1 Å². The van der Waals surface area contributed by atoms with Crippen LogP contribution in [-0.4, -0.2) is 25.0 Å². The molecular weight excluding hydrogens is 274 g/mol. The molecule has 0 saturated carbocycles. The molecule has 1 saturated heterocycles. The van der Waals surface area contributed by atoms with Crippen molar-refractivity contribution in [1.29, 1.82) is 0 Å². The van der Waals surface area contributed by atoms with Gasteiger partial charge in [-0.05, 0) is 38.0 Å². The Labute approximate surface area is 114 Å². The summed E-state index contributed by atoms with van der Waals surface area (Å²) in [4.78, 5) is 12.5. The molecule has 1 unspecified atom stereocenters. The minimum atomic E-state index is -4.26. The summed E-state index contributed by atoms with van der Waals surface area (Å²) in [7, 11) is 0. The maximum absolute atomic E-state index is 13.9. The van der Waals surface area contributed by atoms with Gasteiger partial charge in [-0.2, -0.15) is 13.2 Å². The molecule has 1 aliphatic rings. The fraction of sp³-hybridized carbons (Fsp3) is 0.500. The van der Waals surface area contributed by atoms with Gasteiger partial charge >= 0.3 is 6.18 Å². The van der Waals surface area contributed by atoms with E-state index in [-0.39, 0.29) is 30.0 Å². The lowest BCUT2D eigenvalue weighted by Crippen LogP contribution is -2.42. The molecule has 1 heterocycles. The normalized spacial score (nSPS) is 20.1. The van der Waals surface area contributed by atoms with Gasteiger partial charge in [-0.15, -0.1) is 0 Å². The molecule has 20 heavy (non-hydrogen) atoms. The van der Waals surface area contributed by atoms with Gasteiger partial charge in [0.2, 0.25) is 0 Å². The number of halogens is 4. The first-order chi connectivity index (χ1) is 9.29. The number of hydrogen-bond donors (Lipinski definition) is 0. The maximum atomic E-state index is 13.9. The van der Waals surface area contributed by atoms with Crippen LogP contribution < -0.4 is 4.90 Å². The number of benzene rings is 1. The second-order valence-corrected chi connectivity index (χ2v) is 5.05. The van der Waals surface area contributed by atoms with E-state index in [0.29, 0.717) is 13.0 Å². The molecule has 2 nitrogen and oxygen atoms in total. The zero-order valence-corrected chi connectivity index (χ0v) is 11.0. The van der Waals surface area contributed by atoms with Crippen LogP contribution in [0, 0.1) is 11.7 Å². The third-order valence-corrected chi connectivity index (χ3v) is 3.58. The van der Waals surface area contributed by atoms with Gasteiger partial charge in [-0.25, -0.2) is 4.39 Å². The van der Waals surface area contributed by atoms with Gasteiger partial charge in [0.1, 0.15) is 5.82 Å². The van der Waals surface area contributed by atoms with E-state index in [1.165, 1.54) is 24.0 Å². The largest absolute Gasteiger partial charge is 0.393 e. The van der Waals surface area contributed by atoms with Crippen molar-refractivity contribution in [3.8, 4) is 0 Å². The van der Waals surface area contributed by atoms with Crippen molar-refractivity contribution in [3.63, 3.8) is 0 Å². The number of hydrogen-bond acceptors (Lipinski definition) is 2. The Morgan fingerprint density at radius 2 is 2.05 bits per heavy atom. The number of nitrogens with zero attached hydrogens (tertiary/aromatic N) is 1. The van der Waals surface area contributed by atoms with Gasteiger partial charge in [-0.1, -0.05) is 0 Å². The van der Waals surface area contributed by atoms with Crippen LogP contribution in [0.15, 0.2) is 18.2 Å². The predicted molar refractivity (Wildman–Crippen MR) is 67.4 cm³/mol. The topological polar surface area (TPSA) is 20.3 Å². The Kier molecular flexibility index (Phi) is 4.01. The van der Waals surface area contributed by atoms with E-state index in [1.54, 1.807) is 0 Å². The molecule has 110 valence electrons. The zero-order valence-electron chi connectivity index (χ0n) is 11.0. The molecule has 0 bridgehead atoms. The number of Topliss-reactive ketones (excluding diaryl/α,β-unsaturated/α-hetero) is 1. The van der Waals surface area contributed by atoms with E-state index < -0.39 is 17.9 Å². The van der Waals surface area contributed by atoms with Crippen molar-refractivity contribution in [3.05, 3.63) is 29.6 Å². The number of alkyl halides is 3. The Morgan fingerprint density at radius 3 is 2.60 bits per heavy atom. The van der Waals surface area contributed by atoms with Crippen LogP contribution in [-0.2, 0) is 0 Å². The highest BCUT2D eigenvalue weighted by molar-refractivity contribution is 5.94. The monoisotopic (exact) mass is 289 g/mol. The number of anilines is 1. The molecular formula is C14H15F4NO. The summed E-state index contributed by atoms with van der Waals surface area (Å²) in [6.07, 6.45) is -3.81. The molecule has 0 spiro atoms. The summed E-state index contributed by atoms with van der Waals surface area (Å²) in [6.45, 7) is 1.47. The van der Waals surface area contributed by atoms with Crippen LogP contribution in [0.4, 0.5) is 23.2 Å². The van der Waals surface area contributed by atoms with E-state index in [2.05, 4.69) is 0 Å². The van der Waals surface area contributed by atoms with E-state index in [0.717, 1.165) is 6.07 Å². The Morgan fingerprint density at radius 1 is 1.35 bits per heavy atom. The third kappa shape index (κ3) is 3.11. The van der Waals surface area contributed by atoms with Gasteiger partial charge in [0.15, 0.2) is 5.78 Å². The molecule has 6 heteroatoms. The van der Waals surface area contributed by atoms with Crippen molar-refractivity contribution in [2.45, 2.75) is 25.9 Å². The van der Waals surface area contributed by atoms with E-state index in [9.17, 15) is 22.4 Å². The zero-order chi connectivity index (χ0) is 14.9. The highest BCUT2D eigenvalue weighted by Gasteiger charge is 2.42. The summed E-state index contributed by atoms with van der Waals surface area (Å²) >= 11 is 0. The minimum Gasteiger partial charge on any atom is -0.369 e. The Bertz CT molecular complexity index is 512. The number of carbonyl (C=O) groups is 1. The number of piperidine rings is 1. The second kappa shape index (κ2) is 5.42. The maximum Gasteiger partial charge on any atom is 0.393 e. The van der Waals surface area contributed by atoms with Gasteiger partial charge in [0.25, 0.3) is 0 Å². The van der Waals surface area contributed by atoms with Crippen molar-refractivity contribution in [2.75, 3.05) is 18.0 Å². The molecule has 0 amide bonds. The molecule has 2 rings (SSSR count). The summed E-state index contributed by atoms with van der Waals surface area (Å²) in [6, 6.07) is 3.90. The Balaban J connectivity index is 2.21. The number of ketones is 1. The predicted octanol–water partition coefficient (Wildman–Crippen LogP) is 3.81. The van der Waals surface area contributed by atoms with Crippen LogP contribution >= 0.6 is 0 Å². The standard InChI is InChI=1S/C14H15F4NO/c1-9(20)10-4-5-13(12(15)7-10)19-6-2-3-11(8-19)14(16,17)18/h4-5,7,11H,2-3,6,8H2,1H3. The van der Waals surface area contributed by atoms with Crippen LogP contribution in [0.2, 0.25) is 0 Å². The lowest BCUT2D eigenvalue weighted by molar-refractivity contribution is -0.176. The smallest absolute Gasteiger partial charge is 0.369 e. The highest BCUT2D eigenvalue weighted by Crippen LogP contribution is 2.35. The summed E-state index contributed by atoms with van der Waals surface area (Å²) in [5.74, 6) is -2.36. The second-order valence-electron chi connectivity index (χ2n) is 5.05. The van der Waals surface area contributed by atoms with Crippen LogP contribution in [0.3, 0.4) is 0 Å². The third-order valence-electron chi connectivity index (χ3n) is 3.58. The Hall–Kier alpha value is -1.59. The molecule has 1 aliphatic heterocycles. The fourth-order valence-electron chi connectivity index (χ4n) is 2.45. The first-order valence-corrected chi connectivity index (χ1v) is 6.41. The average molecular weight is 289 g/mol. The van der Waals surface area contributed by atoms with Crippen molar-refractivity contribution >= 4 is 11.5 Å². The van der Waals surface area contributed by atoms with Gasteiger partial charge < -0.3 is 4.90 Å². The van der Waals surface area contributed by atoms with Crippen molar-refractivity contribution in [1.82, 2.24) is 0 Å². The summed E-state index contributed by atoms with van der Waals surface area (Å²) < 4.78 is 52.2. The molecule has 1 atom stereocenters. The SMILES string of the molecule is CC(=O)c1ccc(N2CCCC(C(F)(F)F)C2)c(F)c1. The summed E-state index contributed by atoms with van der Waals surface area (Å²) in [5.41, 5.74) is 0.347. The lowest BCUT2D eigenvalue weighted by Gasteiger charge is -2.35.